The van der Waals surface area contributed by atoms with Crippen molar-refractivity contribution in [3.8, 4) is 5.75 Å². The maximum Gasteiger partial charge on any atom is 0.409 e. The van der Waals surface area contributed by atoms with E-state index in [9.17, 15) is 9.59 Å². The van der Waals surface area contributed by atoms with Crippen LogP contribution in [0.4, 0.5) is 16.2 Å². The zero-order valence-corrected chi connectivity index (χ0v) is 20.5. The summed E-state index contributed by atoms with van der Waals surface area (Å²) in [5.74, 6) is 0.111. The van der Waals surface area contributed by atoms with Crippen LogP contribution < -0.4 is 15.4 Å². The van der Waals surface area contributed by atoms with Crippen LogP contribution in [0.1, 0.15) is 31.3 Å². The molecule has 3 N–H and O–H groups in total. The summed E-state index contributed by atoms with van der Waals surface area (Å²) in [5.41, 5.74) is 1.05. The molecule has 0 aliphatic carbocycles. The molecule has 3 rings (SSSR count). The highest BCUT2D eigenvalue weighted by Gasteiger charge is 2.36. The van der Waals surface area contributed by atoms with Gasteiger partial charge in [0.2, 0.25) is 0 Å². The van der Waals surface area contributed by atoms with Gasteiger partial charge in [0.1, 0.15) is 6.61 Å². The molecule has 33 heavy (non-hydrogen) atoms. The molecule has 176 valence electrons. The quantitative estimate of drug-likeness (QED) is 0.268. The Kier molecular flexibility index (Phi) is 7.14. The zero-order chi connectivity index (χ0) is 24.2. The van der Waals surface area contributed by atoms with Gasteiger partial charge in [-0.3, -0.25) is 10.1 Å². The SMILES string of the molecule is CC(C)(C)[Si](C)(C)OCCOc1cccc2cc(C(=O)Nc3ccccc3NC(=O)O)oc12. The van der Waals surface area contributed by atoms with E-state index in [1.165, 1.54) is 0 Å². The van der Waals surface area contributed by atoms with Crippen molar-refractivity contribution >= 4 is 42.7 Å². The maximum absolute atomic E-state index is 12.8. The van der Waals surface area contributed by atoms with Crippen molar-refractivity contribution < 1.29 is 28.3 Å². The van der Waals surface area contributed by atoms with Crippen LogP contribution in [0.3, 0.4) is 0 Å². The Morgan fingerprint density at radius 2 is 1.67 bits per heavy atom. The molecule has 0 saturated carbocycles. The number of amides is 2. The number of hydrogen-bond donors (Lipinski definition) is 3. The van der Waals surface area contributed by atoms with Gasteiger partial charge in [0, 0.05) is 5.39 Å². The minimum absolute atomic E-state index is 0.0868. The lowest BCUT2D eigenvalue weighted by Crippen LogP contribution is -2.41. The van der Waals surface area contributed by atoms with Crippen LogP contribution in [0.5, 0.6) is 5.75 Å². The van der Waals surface area contributed by atoms with Crippen molar-refractivity contribution in [2.75, 3.05) is 23.8 Å². The fraction of sp³-hybridized carbons (Fsp3) is 0.333. The summed E-state index contributed by atoms with van der Waals surface area (Å²) in [6, 6.07) is 13.6. The van der Waals surface area contributed by atoms with Crippen LogP contribution in [0, 0.1) is 0 Å². The Morgan fingerprint density at radius 1 is 1.00 bits per heavy atom. The second-order valence-electron chi connectivity index (χ2n) is 9.17. The summed E-state index contributed by atoms with van der Waals surface area (Å²) in [4.78, 5) is 23.7. The highest BCUT2D eigenvalue weighted by Crippen LogP contribution is 2.36. The van der Waals surface area contributed by atoms with Crippen LogP contribution >= 0.6 is 0 Å². The molecule has 8 nitrogen and oxygen atoms in total. The molecular formula is C24H30N2O6Si. The fourth-order valence-corrected chi connectivity index (χ4v) is 3.95. The first-order valence-electron chi connectivity index (χ1n) is 10.7. The summed E-state index contributed by atoms with van der Waals surface area (Å²) in [5, 5.41) is 14.8. The van der Waals surface area contributed by atoms with E-state index >= 15 is 0 Å². The first-order chi connectivity index (χ1) is 15.5. The summed E-state index contributed by atoms with van der Waals surface area (Å²) in [7, 11) is -1.86. The molecule has 2 amide bonds. The third-order valence-electron chi connectivity index (χ3n) is 5.76. The fourth-order valence-electron chi connectivity index (χ4n) is 2.93. The minimum atomic E-state index is -1.86. The lowest BCUT2D eigenvalue weighted by atomic mass is 10.2. The zero-order valence-electron chi connectivity index (χ0n) is 19.5. The van der Waals surface area contributed by atoms with Gasteiger partial charge in [-0.15, -0.1) is 0 Å². The average Bonchev–Trinajstić information content (AvgIpc) is 3.17. The van der Waals surface area contributed by atoms with Crippen LogP contribution in [0.2, 0.25) is 18.1 Å². The largest absolute Gasteiger partial charge is 0.487 e. The topological polar surface area (TPSA) is 110 Å². The molecule has 0 aliphatic heterocycles. The predicted molar refractivity (Wildman–Crippen MR) is 131 cm³/mol. The monoisotopic (exact) mass is 470 g/mol. The van der Waals surface area contributed by atoms with Crippen molar-refractivity contribution in [1.29, 1.82) is 0 Å². The Balaban J connectivity index is 1.70. The molecule has 0 bridgehead atoms. The number of rotatable bonds is 8. The van der Waals surface area contributed by atoms with E-state index in [1.807, 2.05) is 12.1 Å². The van der Waals surface area contributed by atoms with E-state index in [-0.39, 0.29) is 16.5 Å². The van der Waals surface area contributed by atoms with Crippen molar-refractivity contribution in [2.24, 2.45) is 0 Å². The predicted octanol–water partition coefficient (Wildman–Crippen LogP) is 6.18. The van der Waals surface area contributed by atoms with Gasteiger partial charge in [0.25, 0.3) is 5.91 Å². The lowest BCUT2D eigenvalue weighted by Gasteiger charge is -2.36. The van der Waals surface area contributed by atoms with Gasteiger partial charge in [-0.05, 0) is 42.4 Å². The first-order valence-corrected chi connectivity index (χ1v) is 13.6. The van der Waals surface area contributed by atoms with Crippen LogP contribution in [0.15, 0.2) is 52.9 Å². The van der Waals surface area contributed by atoms with E-state index < -0.39 is 20.3 Å². The lowest BCUT2D eigenvalue weighted by molar-refractivity contribution is 0.0998. The minimum Gasteiger partial charge on any atom is -0.487 e. The third-order valence-corrected chi connectivity index (χ3v) is 10.3. The number of furan rings is 1. The van der Waals surface area contributed by atoms with E-state index in [4.69, 9.17) is 18.7 Å². The summed E-state index contributed by atoms with van der Waals surface area (Å²) >= 11 is 0. The van der Waals surface area contributed by atoms with E-state index in [0.717, 1.165) is 5.39 Å². The van der Waals surface area contributed by atoms with Gasteiger partial charge in [0.05, 0.1) is 18.0 Å². The molecule has 0 radical (unpaired) electrons. The second-order valence-corrected chi connectivity index (χ2v) is 14.0. The summed E-state index contributed by atoms with van der Waals surface area (Å²) in [6.45, 7) is 11.8. The van der Waals surface area contributed by atoms with Crippen molar-refractivity contribution in [1.82, 2.24) is 0 Å². The average molecular weight is 471 g/mol. The number of carbonyl (C=O) groups excluding carboxylic acids is 1. The van der Waals surface area contributed by atoms with Gasteiger partial charge in [-0.1, -0.05) is 45.0 Å². The Hall–Kier alpha value is -3.30. The van der Waals surface area contributed by atoms with Crippen molar-refractivity contribution in [3.05, 3.63) is 54.3 Å². The number of nitrogens with one attached hydrogen (secondary N) is 2. The molecule has 9 heteroatoms. The molecule has 1 aromatic heterocycles. The number of anilines is 2. The number of fused-ring (bicyclic) bond motifs is 1. The molecule has 0 unspecified atom stereocenters. The van der Waals surface area contributed by atoms with Crippen molar-refractivity contribution in [3.63, 3.8) is 0 Å². The molecule has 2 aromatic carbocycles. The van der Waals surface area contributed by atoms with Crippen LogP contribution in [-0.2, 0) is 4.43 Å². The third kappa shape index (κ3) is 5.94. The summed E-state index contributed by atoms with van der Waals surface area (Å²) in [6.07, 6.45) is -1.22. The molecular weight excluding hydrogens is 440 g/mol. The number of carbonyl (C=O) groups is 2. The highest BCUT2D eigenvalue weighted by atomic mass is 28.4. The molecule has 0 spiro atoms. The van der Waals surface area contributed by atoms with E-state index in [0.29, 0.717) is 30.2 Å². The molecule has 0 aliphatic rings. The molecule has 0 atom stereocenters. The number of hydrogen-bond acceptors (Lipinski definition) is 5. The number of para-hydroxylation sites is 3. The van der Waals surface area contributed by atoms with Gasteiger partial charge in [0.15, 0.2) is 25.4 Å². The normalized spacial score (nSPS) is 11.9. The van der Waals surface area contributed by atoms with Gasteiger partial charge >= 0.3 is 6.09 Å². The van der Waals surface area contributed by atoms with E-state index in [1.54, 1.807) is 36.4 Å². The first kappa shape index (κ1) is 24.3. The smallest absolute Gasteiger partial charge is 0.409 e. The van der Waals surface area contributed by atoms with Gasteiger partial charge in [-0.2, -0.15) is 0 Å². The second kappa shape index (κ2) is 9.68. The van der Waals surface area contributed by atoms with E-state index in [2.05, 4.69) is 44.5 Å². The molecule has 0 saturated heterocycles. The Bertz CT molecular complexity index is 1150. The number of carboxylic acid groups (broad SMARTS) is 1. The highest BCUT2D eigenvalue weighted by molar-refractivity contribution is 6.74. The van der Waals surface area contributed by atoms with Crippen LogP contribution in [0.25, 0.3) is 11.0 Å². The van der Waals surface area contributed by atoms with Crippen molar-refractivity contribution in [2.45, 2.75) is 38.9 Å². The standard InChI is InChI=1S/C24H30N2O6Si/c1-24(2,3)33(4,5)31-14-13-30-19-12-8-9-16-15-20(32-21(16)19)22(27)25-17-10-6-7-11-18(17)26-23(28)29/h6-12,15,26H,13-14H2,1-5H3,(H,25,27)(H,28,29). The van der Waals surface area contributed by atoms with Crippen LogP contribution in [-0.4, -0.2) is 38.6 Å². The summed E-state index contributed by atoms with van der Waals surface area (Å²) < 4.78 is 17.8. The maximum atomic E-state index is 12.8. The van der Waals surface area contributed by atoms with Gasteiger partial charge < -0.3 is 24.0 Å². The number of ether oxygens (including phenoxy) is 1. The Labute approximate surface area is 194 Å². The van der Waals surface area contributed by atoms with Gasteiger partial charge in [-0.25, -0.2) is 4.79 Å². The molecule has 0 fully saturated rings. The Morgan fingerprint density at radius 3 is 2.30 bits per heavy atom. The molecule has 3 aromatic rings. The molecule has 1 heterocycles. The number of benzene rings is 2.